The van der Waals surface area contributed by atoms with Crippen LogP contribution in [0.1, 0.15) is 39.2 Å². The first-order valence-electron chi connectivity index (χ1n) is 7.95. The van der Waals surface area contributed by atoms with Gasteiger partial charge in [0.25, 0.3) is 0 Å². The summed E-state index contributed by atoms with van der Waals surface area (Å²) in [6, 6.07) is 7.99. The number of likely N-dealkylation sites (tertiary alicyclic amines) is 1. The van der Waals surface area contributed by atoms with E-state index in [2.05, 4.69) is 0 Å². The summed E-state index contributed by atoms with van der Waals surface area (Å²) in [5, 5.41) is 10.5. The van der Waals surface area contributed by atoms with Gasteiger partial charge < -0.3 is 14.7 Å². The maximum atomic E-state index is 12.0. The molecular formula is C18H27NO3. The van der Waals surface area contributed by atoms with Crippen molar-refractivity contribution < 1.29 is 14.6 Å². The van der Waals surface area contributed by atoms with E-state index in [1.54, 1.807) is 14.0 Å². The molecule has 0 saturated carbocycles. The predicted octanol–water partition coefficient (Wildman–Crippen LogP) is 2.64. The Bertz CT molecular complexity index is 504. The zero-order chi connectivity index (χ0) is 16.3. The van der Waals surface area contributed by atoms with Crippen LogP contribution < -0.4 is 4.74 Å². The van der Waals surface area contributed by atoms with Gasteiger partial charge in [-0.25, -0.2) is 0 Å². The number of carbonyl (C=O) groups is 1. The first-order chi connectivity index (χ1) is 10.3. The molecule has 1 heterocycles. The number of methoxy groups -OCH3 is 1. The molecule has 0 radical (unpaired) electrons. The molecule has 2 unspecified atom stereocenters. The number of benzene rings is 1. The van der Waals surface area contributed by atoms with Crippen molar-refractivity contribution in [3.63, 3.8) is 0 Å². The molecule has 0 bridgehead atoms. The summed E-state index contributed by atoms with van der Waals surface area (Å²) < 4.78 is 5.19. The van der Waals surface area contributed by atoms with Gasteiger partial charge in [-0.05, 0) is 50.8 Å². The van der Waals surface area contributed by atoms with Gasteiger partial charge in [-0.15, -0.1) is 0 Å². The second kappa shape index (κ2) is 6.69. The van der Waals surface area contributed by atoms with E-state index in [0.29, 0.717) is 0 Å². The van der Waals surface area contributed by atoms with E-state index in [4.69, 9.17) is 4.74 Å². The molecule has 1 saturated heterocycles. The Hall–Kier alpha value is -1.55. The van der Waals surface area contributed by atoms with Crippen molar-refractivity contribution in [3.05, 3.63) is 29.8 Å². The largest absolute Gasteiger partial charge is 0.497 e. The van der Waals surface area contributed by atoms with Crippen molar-refractivity contribution in [2.24, 2.45) is 5.92 Å². The molecule has 2 atom stereocenters. The third-order valence-electron chi connectivity index (χ3n) is 4.69. The van der Waals surface area contributed by atoms with Crippen LogP contribution in [0, 0.1) is 5.92 Å². The van der Waals surface area contributed by atoms with Crippen LogP contribution in [0.2, 0.25) is 0 Å². The van der Waals surface area contributed by atoms with Gasteiger partial charge in [-0.3, -0.25) is 4.79 Å². The fourth-order valence-electron chi connectivity index (χ4n) is 3.53. The topological polar surface area (TPSA) is 49.8 Å². The van der Waals surface area contributed by atoms with Crippen molar-refractivity contribution in [2.75, 3.05) is 13.7 Å². The van der Waals surface area contributed by atoms with Gasteiger partial charge in [-0.1, -0.05) is 12.1 Å². The van der Waals surface area contributed by atoms with Crippen LogP contribution in [0.4, 0.5) is 0 Å². The van der Waals surface area contributed by atoms with Crippen LogP contribution >= 0.6 is 0 Å². The van der Waals surface area contributed by atoms with E-state index in [-0.39, 0.29) is 17.9 Å². The lowest BCUT2D eigenvalue weighted by Crippen LogP contribution is -2.54. The molecule has 122 valence electrons. The molecule has 1 aromatic rings. The Morgan fingerprint density at radius 2 is 2.00 bits per heavy atom. The van der Waals surface area contributed by atoms with Gasteiger partial charge in [0.1, 0.15) is 5.75 Å². The van der Waals surface area contributed by atoms with Gasteiger partial charge in [0.2, 0.25) is 5.91 Å². The van der Waals surface area contributed by atoms with Gasteiger partial charge in [0, 0.05) is 25.4 Å². The molecule has 1 N–H and O–H groups in total. The summed E-state index contributed by atoms with van der Waals surface area (Å²) in [4.78, 5) is 13.9. The van der Waals surface area contributed by atoms with Crippen molar-refractivity contribution in [2.45, 2.75) is 51.7 Å². The van der Waals surface area contributed by atoms with Gasteiger partial charge in [0.05, 0.1) is 12.7 Å². The van der Waals surface area contributed by atoms with E-state index < -0.39 is 5.60 Å². The number of piperidine rings is 1. The molecule has 0 spiro atoms. The van der Waals surface area contributed by atoms with Crippen LogP contribution in [-0.4, -0.2) is 41.2 Å². The number of ether oxygens (including phenoxy) is 1. The maximum Gasteiger partial charge on any atom is 0.219 e. The molecule has 4 nitrogen and oxygen atoms in total. The van der Waals surface area contributed by atoms with E-state index in [1.807, 2.05) is 43.0 Å². The minimum Gasteiger partial charge on any atom is -0.497 e. The number of nitrogens with zero attached hydrogens (tertiary/aromatic N) is 1. The Morgan fingerprint density at radius 1 is 1.36 bits per heavy atom. The summed E-state index contributed by atoms with van der Waals surface area (Å²) in [6.07, 6.45) is 2.67. The number of rotatable bonds is 4. The predicted molar refractivity (Wildman–Crippen MR) is 86.9 cm³/mol. The quantitative estimate of drug-likeness (QED) is 0.930. The molecule has 1 aliphatic rings. The Morgan fingerprint density at radius 3 is 2.50 bits per heavy atom. The molecule has 1 amide bonds. The molecule has 0 aromatic heterocycles. The van der Waals surface area contributed by atoms with Crippen LogP contribution in [-0.2, 0) is 11.2 Å². The smallest absolute Gasteiger partial charge is 0.219 e. The monoisotopic (exact) mass is 305 g/mol. The second-order valence-corrected chi connectivity index (χ2v) is 6.73. The van der Waals surface area contributed by atoms with Crippen LogP contribution in [0.5, 0.6) is 5.75 Å². The molecule has 0 aliphatic carbocycles. The second-order valence-electron chi connectivity index (χ2n) is 6.73. The summed E-state index contributed by atoms with van der Waals surface area (Å²) >= 11 is 0. The SMILES string of the molecule is COc1ccc(CC2C(C(C)(C)O)CCCN2C(C)=O)cc1. The van der Waals surface area contributed by atoms with Gasteiger partial charge in [0.15, 0.2) is 0 Å². The number of carbonyl (C=O) groups excluding carboxylic acids is 1. The highest BCUT2D eigenvalue weighted by atomic mass is 16.5. The third-order valence-corrected chi connectivity index (χ3v) is 4.69. The van der Waals surface area contributed by atoms with Crippen LogP contribution in [0.15, 0.2) is 24.3 Å². The fraction of sp³-hybridized carbons (Fsp3) is 0.611. The lowest BCUT2D eigenvalue weighted by molar-refractivity contribution is -0.138. The Kier molecular flexibility index (Phi) is 5.12. The van der Waals surface area contributed by atoms with E-state index >= 15 is 0 Å². The zero-order valence-electron chi connectivity index (χ0n) is 14.0. The number of amides is 1. The van der Waals surface area contributed by atoms with Gasteiger partial charge >= 0.3 is 0 Å². The number of aliphatic hydroxyl groups is 1. The van der Waals surface area contributed by atoms with Crippen LogP contribution in [0.25, 0.3) is 0 Å². The molecular weight excluding hydrogens is 278 g/mol. The summed E-state index contributed by atoms with van der Waals surface area (Å²) in [6.45, 7) is 6.10. The number of hydrogen-bond donors (Lipinski definition) is 1. The zero-order valence-corrected chi connectivity index (χ0v) is 14.0. The average Bonchev–Trinajstić information content (AvgIpc) is 2.47. The van der Waals surface area contributed by atoms with Crippen molar-refractivity contribution in [1.29, 1.82) is 0 Å². The minimum atomic E-state index is -0.786. The lowest BCUT2D eigenvalue weighted by atomic mass is 9.76. The first kappa shape index (κ1) is 16.8. The molecule has 1 aliphatic heterocycles. The summed E-state index contributed by atoms with van der Waals surface area (Å²) in [7, 11) is 1.65. The Labute approximate surface area is 133 Å². The third kappa shape index (κ3) is 3.80. The molecule has 22 heavy (non-hydrogen) atoms. The highest BCUT2D eigenvalue weighted by molar-refractivity contribution is 5.73. The van der Waals surface area contributed by atoms with Gasteiger partial charge in [-0.2, -0.15) is 0 Å². The molecule has 2 rings (SSSR count). The lowest BCUT2D eigenvalue weighted by Gasteiger charge is -2.46. The fourth-order valence-corrected chi connectivity index (χ4v) is 3.53. The average molecular weight is 305 g/mol. The van der Waals surface area contributed by atoms with Crippen molar-refractivity contribution in [3.8, 4) is 5.75 Å². The normalized spacial score (nSPS) is 22.5. The van der Waals surface area contributed by atoms with E-state index in [1.165, 1.54) is 0 Å². The summed E-state index contributed by atoms with van der Waals surface area (Å²) in [5.74, 6) is 1.01. The van der Waals surface area contributed by atoms with Crippen LogP contribution in [0.3, 0.4) is 0 Å². The molecule has 4 heteroatoms. The molecule has 1 fully saturated rings. The summed E-state index contributed by atoms with van der Waals surface area (Å²) in [5.41, 5.74) is 0.374. The minimum absolute atomic E-state index is 0.0413. The van der Waals surface area contributed by atoms with E-state index in [0.717, 1.165) is 37.1 Å². The van der Waals surface area contributed by atoms with Crippen molar-refractivity contribution in [1.82, 2.24) is 4.90 Å². The Balaban J connectivity index is 2.24. The highest BCUT2D eigenvalue weighted by Crippen LogP contribution is 2.34. The highest BCUT2D eigenvalue weighted by Gasteiger charge is 2.40. The van der Waals surface area contributed by atoms with E-state index in [9.17, 15) is 9.90 Å². The number of hydrogen-bond acceptors (Lipinski definition) is 3. The standard InChI is InChI=1S/C18H27NO3/c1-13(20)19-11-5-6-16(18(2,3)21)17(19)12-14-7-9-15(22-4)10-8-14/h7-10,16-17,21H,5-6,11-12H2,1-4H3. The van der Waals surface area contributed by atoms with Crippen molar-refractivity contribution >= 4 is 5.91 Å². The first-order valence-corrected chi connectivity index (χ1v) is 7.95. The maximum absolute atomic E-state index is 12.0. The molecule has 1 aromatic carbocycles.